The molecule has 1 heterocycles. The molecule has 18 heavy (non-hydrogen) atoms. The molecule has 1 N–H and O–H groups in total. The Balaban J connectivity index is 2.24. The van der Waals surface area contributed by atoms with Crippen LogP contribution in [0.15, 0.2) is 29.2 Å². The van der Waals surface area contributed by atoms with Crippen LogP contribution in [0, 0.1) is 11.3 Å². The fourth-order valence-corrected chi connectivity index (χ4v) is 3.53. The predicted octanol–water partition coefficient (Wildman–Crippen LogP) is 0.541. The van der Waals surface area contributed by atoms with Gasteiger partial charge in [-0.2, -0.15) is 5.26 Å². The molecule has 0 radical (unpaired) electrons. The average molecular weight is 265 g/mol. The van der Waals surface area contributed by atoms with Gasteiger partial charge in [0.15, 0.2) is 0 Å². The molecule has 1 aliphatic rings. The van der Waals surface area contributed by atoms with Crippen molar-refractivity contribution < 1.29 is 8.42 Å². The molecule has 1 aromatic rings. The van der Waals surface area contributed by atoms with Gasteiger partial charge in [0.25, 0.3) is 0 Å². The average Bonchev–Trinajstić information content (AvgIpc) is 2.74. The van der Waals surface area contributed by atoms with Gasteiger partial charge < -0.3 is 4.90 Å². The molecule has 2 rings (SSSR count). The van der Waals surface area contributed by atoms with E-state index in [-0.39, 0.29) is 16.5 Å². The van der Waals surface area contributed by atoms with E-state index in [1.807, 2.05) is 13.1 Å². The molecule has 0 aliphatic carbocycles. The van der Waals surface area contributed by atoms with Gasteiger partial charge in [0.05, 0.1) is 10.5 Å². The van der Waals surface area contributed by atoms with Crippen LogP contribution in [-0.2, 0) is 10.0 Å². The zero-order valence-corrected chi connectivity index (χ0v) is 10.9. The first-order valence-electron chi connectivity index (χ1n) is 5.73. The highest BCUT2D eigenvalue weighted by Gasteiger charge is 2.26. The largest absolute Gasteiger partial charge is 0.305 e. The summed E-state index contributed by atoms with van der Waals surface area (Å²) in [6.07, 6.45) is 0.796. The first-order valence-corrected chi connectivity index (χ1v) is 7.21. The van der Waals surface area contributed by atoms with E-state index in [0.29, 0.717) is 6.54 Å². The van der Waals surface area contributed by atoms with Crippen molar-refractivity contribution in [1.29, 1.82) is 5.26 Å². The highest BCUT2D eigenvalue weighted by molar-refractivity contribution is 7.89. The monoisotopic (exact) mass is 265 g/mol. The third kappa shape index (κ3) is 2.70. The Kier molecular flexibility index (Phi) is 3.66. The van der Waals surface area contributed by atoms with E-state index in [4.69, 9.17) is 5.26 Å². The van der Waals surface area contributed by atoms with Crippen molar-refractivity contribution in [3.8, 4) is 6.07 Å². The zero-order chi connectivity index (χ0) is 13.2. The first kappa shape index (κ1) is 13.0. The highest BCUT2D eigenvalue weighted by Crippen LogP contribution is 2.16. The summed E-state index contributed by atoms with van der Waals surface area (Å²) in [6, 6.07) is 8.07. The van der Waals surface area contributed by atoms with Crippen LogP contribution in [0.5, 0.6) is 0 Å². The fraction of sp³-hybridized carbons (Fsp3) is 0.417. The molecule has 0 aromatic heterocycles. The molecule has 1 aromatic carbocycles. The summed E-state index contributed by atoms with van der Waals surface area (Å²) in [5.41, 5.74) is 0.177. The normalized spacial score (nSPS) is 20.8. The van der Waals surface area contributed by atoms with Crippen molar-refractivity contribution in [2.75, 3.05) is 20.1 Å². The van der Waals surface area contributed by atoms with Crippen LogP contribution >= 0.6 is 0 Å². The number of rotatable bonds is 3. The number of benzene rings is 1. The number of hydrogen-bond acceptors (Lipinski definition) is 4. The van der Waals surface area contributed by atoms with E-state index in [1.165, 1.54) is 12.1 Å². The molecule has 96 valence electrons. The Labute approximate surface area is 107 Å². The van der Waals surface area contributed by atoms with Crippen molar-refractivity contribution >= 4 is 10.0 Å². The molecule has 1 fully saturated rings. The number of likely N-dealkylation sites (N-methyl/N-ethyl adjacent to an activating group) is 1. The Hall–Kier alpha value is -1.42. The molecular formula is C12H15N3O2S. The molecule has 0 amide bonds. The van der Waals surface area contributed by atoms with Crippen molar-refractivity contribution in [1.82, 2.24) is 9.62 Å². The number of nitriles is 1. The topological polar surface area (TPSA) is 73.2 Å². The molecule has 1 unspecified atom stereocenters. The summed E-state index contributed by atoms with van der Waals surface area (Å²) in [5, 5.41) is 8.93. The number of nitrogens with zero attached hydrogens (tertiary/aromatic N) is 2. The van der Waals surface area contributed by atoms with Crippen LogP contribution in [0.3, 0.4) is 0 Å². The van der Waals surface area contributed by atoms with Crippen LogP contribution in [-0.4, -0.2) is 39.5 Å². The molecule has 0 saturated carbocycles. The third-order valence-corrected chi connectivity index (χ3v) is 4.59. The lowest BCUT2D eigenvalue weighted by Gasteiger charge is -2.13. The SMILES string of the molecule is CN1CCC(NS(=O)(=O)c2ccccc2C#N)C1. The quantitative estimate of drug-likeness (QED) is 0.865. The lowest BCUT2D eigenvalue weighted by atomic mass is 10.2. The Morgan fingerprint density at radius 3 is 2.78 bits per heavy atom. The van der Waals surface area contributed by atoms with Crippen molar-refractivity contribution in [2.24, 2.45) is 0 Å². The van der Waals surface area contributed by atoms with E-state index < -0.39 is 10.0 Å². The molecule has 0 spiro atoms. The summed E-state index contributed by atoms with van der Waals surface area (Å²) in [4.78, 5) is 2.13. The van der Waals surface area contributed by atoms with Crippen LogP contribution in [0.1, 0.15) is 12.0 Å². The van der Waals surface area contributed by atoms with Gasteiger partial charge in [-0.05, 0) is 32.1 Å². The lowest BCUT2D eigenvalue weighted by molar-refractivity contribution is 0.407. The second-order valence-corrected chi connectivity index (χ2v) is 6.16. The maximum Gasteiger partial charge on any atom is 0.242 e. The molecule has 1 aliphatic heterocycles. The summed E-state index contributed by atoms with van der Waals surface area (Å²) in [7, 11) is -1.65. The Morgan fingerprint density at radius 2 is 2.17 bits per heavy atom. The fourth-order valence-electron chi connectivity index (χ4n) is 2.11. The van der Waals surface area contributed by atoms with Gasteiger partial charge in [-0.15, -0.1) is 0 Å². The smallest absolute Gasteiger partial charge is 0.242 e. The molecule has 1 saturated heterocycles. The lowest BCUT2D eigenvalue weighted by Crippen LogP contribution is -2.36. The van der Waals surface area contributed by atoms with Crippen LogP contribution in [0.4, 0.5) is 0 Å². The van der Waals surface area contributed by atoms with Gasteiger partial charge >= 0.3 is 0 Å². The molecule has 0 bridgehead atoms. The number of sulfonamides is 1. The second kappa shape index (κ2) is 5.06. The van der Waals surface area contributed by atoms with E-state index in [0.717, 1.165) is 13.0 Å². The van der Waals surface area contributed by atoms with Gasteiger partial charge in [-0.25, -0.2) is 13.1 Å². The maximum absolute atomic E-state index is 12.2. The van der Waals surface area contributed by atoms with Crippen LogP contribution < -0.4 is 4.72 Å². The second-order valence-electron chi connectivity index (χ2n) is 4.48. The number of hydrogen-bond donors (Lipinski definition) is 1. The maximum atomic E-state index is 12.2. The van der Waals surface area contributed by atoms with Gasteiger partial charge in [0.2, 0.25) is 10.0 Å². The number of likely N-dealkylation sites (tertiary alicyclic amines) is 1. The molecule has 6 heteroatoms. The van der Waals surface area contributed by atoms with E-state index >= 15 is 0 Å². The highest BCUT2D eigenvalue weighted by atomic mass is 32.2. The minimum absolute atomic E-state index is 0.0575. The third-order valence-electron chi connectivity index (χ3n) is 3.01. The summed E-state index contributed by atoms with van der Waals surface area (Å²) < 4.78 is 27.0. The van der Waals surface area contributed by atoms with Gasteiger partial charge in [0.1, 0.15) is 6.07 Å². The van der Waals surface area contributed by atoms with Crippen LogP contribution in [0.2, 0.25) is 0 Å². The minimum Gasteiger partial charge on any atom is -0.305 e. The molecular weight excluding hydrogens is 250 g/mol. The van der Waals surface area contributed by atoms with Crippen molar-refractivity contribution in [2.45, 2.75) is 17.4 Å². The van der Waals surface area contributed by atoms with Crippen molar-refractivity contribution in [3.05, 3.63) is 29.8 Å². The van der Waals surface area contributed by atoms with E-state index in [9.17, 15) is 8.42 Å². The van der Waals surface area contributed by atoms with E-state index in [1.54, 1.807) is 12.1 Å². The van der Waals surface area contributed by atoms with Crippen LogP contribution in [0.25, 0.3) is 0 Å². The zero-order valence-electron chi connectivity index (χ0n) is 10.1. The Bertz CT molecular complexity index is 577. The van der Waals surface area contributed by atoms with Crippen molar-refractivity contribution in [3.63, 3.8) is 0 Å². The van der Waals surface area contributed by atoms with Gasteiger partial charge in [0, 0.05) is 12.6 Å². The summed E-state index contributed by atoms with van der Waals surface area (Å²) in [6.45, 7) is 1.58. The summed E-state index contributed by atoms with van der Waals surface area (Å²) in [5.74, 6) is 0. The number of nitrogens with one attached hydrogen (secondary N) is 1. The predicted molar refractivity (Wildman–Crippen MR) is 67.4 cm³/mol. The van der Waals surface area contributed by atoms with Gasteiger partial charge in [-0.3, -0.25) is 0 Å². The van der Waals surface area contributed by atoms with E-state index in [2.05, 4.69) is 9.62 Å². The first-order chi connectivity index (χ1) is 8.53. The summed E-state index contributed by atoms with van der Waals surface area (Å²) >= 11 is 0. The van der Waals surface area contributed by atoms with Gasteiger partial charge in [-0.1, -0.05) is 12.1 Å². The Morgan fingerprint density at radius 1 is 1.44 bits per heavy atom. The molecule has 5 nitrogen and oxygen atoms in total. The minimum atomic E-state index is -3.61. The molecule has 1 atom stereocenters. The standard InChI is InChI=1S/C12H15N3O2S/c1-15-7-6-11(9-15)14-18(16,17)12-5-3-2-4-10(12)8-13/h2-5,11,14H,6-7,9H2,1H3.